The number of para-hydroxylation sites is 1. The lowest BCUT2D eigenvalue weighted by Gasteiger charge is -2.06. The Morgan fingerprint density at radius 3 is 2.52 bits per heavy atom. The maximum Gasteiger partial charge on any atom is 0.257 e. The van der Waals surface area contributed by atoms with Crippen LogP contribution in [0.15, 0.2) is 82.4 Å². The van der Waals surface area contributed by atoms with Gasteiger partial charge in [0.15, 0.2) is 5.58 Å². The molecule has 4 aromatic rings. The van der Waals surface area contributed by atoms with Crippen molar-refractivity contribution in [2.75, 3.05) is 6.54 Å². The molecule has 0 aliphatic carbocycles. The summed E-state index contributed by atoms with van der Waals surface area (Å²) in [4.78, 5) is 16.9. The van der Waals surface area contributed by atoms with Gasteiger partial charge < -0.3 is 9.73 Å². The topological polar surface area (TPSA) is 55.1 Å². The van der Waals surface area contributed by atoms with Crippen molar-refractivity contribution < 1.29 is 9.21 Å². The Bertz CT molecular complexity index is 1100. The summed E-state index contributed by atoms with van der Waals surface area (Å²) in [7, 11) is 0. The van der Waals surface area contributed by atoms with Crippen molar-refractivity contribution in [1.82, 2.24) is 10.3 Å². The molecule has 1 amide bonds. The zero-order valence-electron chi connectivity index (χ0n) is 16.2. The molecular weight excluding hydrogens is 380 g/mol. The maximum absolute atomic E-state index is 12.3. The largest absolute Gasteiger partial charge is 0.431 e. The minimum Gasteiger partial charge on any atom is -0.431 e. The second-order valence-corrected chi connectivity index (χ2v) is 7.81. The first-order valence-electron chi connectivity index (χ1n) is 9.59. The Morgan fingerprint density at radius 2 is 1.76 bits per heavy atom. The molecule has 0 aliphatic rings. The first kappa shape index (κ1) is 19.3. The van der Waals surface area contributed by atoms with E-state index in [1.807, 2.05) is 67.6 Å². The van der Waals surface area contributed by atoms with E-state index in [1.165, 1.54) is 5.56 Å². The molecule has 0 saturated carbocycles. The first-order valence-corrected chi connectivity index (χ1v) is 10.6. The highest BCUT2D eigenvalue weighted by atomic mass is 32.2. The van der Waals surface area contributed by atoms with Gasteiger partial charge in [0.25, 0.3) is 11.1 Å². The molecule has 4 nitrogen and oxygen atoms in total. The maximum atomic E-state index is 12.3. The van der Waals surface area contributed by atoms with E-state index in [1.54, 1.807) is 11.8 Å². The molecule has 146 valence electrons. The molecule has 0 radical (unpaired) electrons. The van der Waals surface area contributed by atoms with E-state index in [0.29, 0.717) is 17.3 Å². The first-order chi connectivity index (χ1) is 14.2. The Balaban J connectivity index is 1.30. The van der Waals surface area contributed by atoms with Crippen molar-refractivity contribution in [2.24, 2.45) is 0 Å². The molecule has 0 atom stereocenters. The molecule has 0 aliphatic heterocycles. The Hall–Kier alpha value is -3.05. The smallest absolute Gasteiger partial charge is 0.257 e. The van der Waals surface area contributed by atoms with Crippen LogP contribution in [0.1, 0.15) is 27.0 Å². The van der Waals surface area contributed by atoms with Gasteiger partial charge in [-0.15, -0.1) is 0 Å². The number of aryl methyl sites for hydroxylation is 1. The van der Waals surface area contributed by atoms with Gasteiger partial charge in [0.05, 0.1) is 0 Å². The van der Waals surface area contributed by atoms with E-state index in [0.717, 1.165) is 34.4 Å². The predicted octanol–water partition coefficient (Wildman–Crippen LogP) is 5.40. The SMILES string of the molecule is Cc1cccc2oc(SCc3ccc(C(=O)NCCc4ccccc4)cc3)nc12. The van der Waals surface area contributed by atoms with E-state index in [9.17, 15) is 4.79 Å². The van der Waals surface area contributed by atoms with Crippen LogP contribution < -0.4 is 5.32 Å². The van der Waals surface area contributed by atoms with Crippen LogP contribution in [-0.2, 0) is 12.2 Å². The van der Waals surface area contributed by atoms with Crippen LogP contribution in [0.5, 0.6) is 0 Å². The molecular formula is C24H22N2O2S. The number of nitrogens with zero attached hydrogens (tertiary/aromatic N) is 1. The van der Waals surface area contributed by atoms with Crippen molar-refractivity contribution in [3.8, 4) is 0 Å². The van der Waals surface area contributed by atoms with E-state index in [2.05, 4.69) is 22.4 Å². The summed E-state index contributed by atoms with van der Waals surface area (Å²) < 4.78 is 5.80. The Morgan fingerprint density at radius 1 is 0.966 bits per heavy atom. The molecule has 29 heavy (non-hydrogen) atoms. The van der Waals surface area contributed by atoms with Gasteiger partial charge in [-0.1, -0.05) is 66.4 Å². The number of amides is 1. The van der Waals surface area contributed by atoms with Crippen LogP contribution in [0.3, 0.4) is 0 Å². The number of benzene rings is 3. The van der Waals surface area contributed by atoms with Gasteiger partial charge in [-0.05, 0) is 48.2 Å². The third-order valence-corrected chi connectivity index (χ3v) is 5.62. The molecule has 5 heteroatoms. The van der Waals surface area contributed by atoms with Crippen LogP contribution in [0.25, 0.3) is 11.1 Å². The van der Waals surface area contributed by atoms with Crippen molar-refractivity contribution >= 4 is 28.8 Å². The van der Waals surface area contributed by atoms with E-state index >= 15 is 0 Å². The molecule has 0 spiro atoms. The lowest BCUT2D eigenvalue weighted by molar-refractivity contribution is 0.0954. The predicted molar refractivity (Wildman–Crippen MR) is 117 cm³/mol. The van der Waals surface area contributed by atoms with Crippen LogP contribution in [0.4, 0.5) is 0 Å². The van der Waals surface area contributed by atoms with E-state index in [-0.39, 0.29) is 5.91 Å². The summed E-state index contributed by atoms with van der Waals surface area (Å²) in [6.45, 7) is 2.65. The molecule has 0 bridgehead atoms. The van der Waals surface area contributed by atoms with E-state index < -0.39 is 0 Å². The van der Waals surface area contributed by atoms with Gasteiger partial charge in [-0.25, -0.2) is 4.98 Å². The fourth-order valence-corrected chi connectivity index (χ4v) is 3.88. The molecule has 0 unspecified atom stereocenters. The van der Waals surface area contributed by atoms with Crippen LogP contribution in [0.2, 0.25) is 0 Å². The molecule has 4 rings (SSSR count). The van der Waals surface area contributed by atoms with Gasteiger partial charge >= 0.3 is 0 Å². The summed E-state index contributed by atoms with van der Waals surface area (Å²) in [5.41, 5.74) is 5.85. The Kier molecular flexibility index (Phi) is 5.96. The number of hydrogen-bond donors (Lipinski definition) is 1. The molecule has 0 fully saturated rings. The average molecular weight is 403 g/mol. The van der Waals surface area contributed by atoms with Gasteiger partial charge in [0.1, 0.15) is 5.52 Å². The number of carbonyl (C=O) groups is 1. The third kappa shape index (κ3) is 4.87. The van der Waals surface area contributed by atoms with Crippen molar-refractivity contribution in [2.45, 2.75) is 24.3 Å². The fourth-order valence-electron chi connectivity index (χ4n) is 3.09. The Labute approximate surface area is 174 Å². The zero-order valence-corrected chi connectivity index (χ0v) is 17.0. The van der Waals surface area contributed by atoms with Gasteiger partial charge in [-0.3, -0.25) is 4.79 Å². The van der Waals surface area contributed by atoms with Crippen molar-refractivity contribution in [3.05, 3.63) is 95.1 Å². The van der Waals surface area contributed by atoms with Crippen molar-refractivity contribution in [3.63, 3.8) is 0 Å². The van der Waals surface area contributed by atoms with Crippen molar-refractivity contribution in [1.29, 1.82) is 0 Å². The minimum absolute atomic E-state index is 0.0467. The van der Waals surface area contributed by atoms with Gasteiger partial charge in [0, 0.05) is 17.9 Å². The minimum atomic E-state index is -0.0467. The molecule has 0 saturated heterocycles. The number of hydrogen-bond acceptors (Lipinski definition) is 4. The number of thioether (sulfide) groups is 1. The highest BCUT2D eigenvalue weighted by Gasteiger charge is 2.09. The number of rotatable bonds is 7. The summed E-state index contributed by atoms with van der Waals surface area (Å²) in [5, 5.41) is 3.64. The standard InChI is InChI=1S/C24H22N2O2S/c1-17-6-5-9-21-22(17)26-24(28-21)29-16-19-10-12-20(13-11-19)23(27)25-15-14-18-7-3-2-4-8-18/h2-13H,14-16H2,1H3,(H,25,27). The number of nitrogens with one attached hydrogen (secondary N) is 1. The number of fused-ring (bicyclic) bond motifs is 1. The molecule has 3 aromatic carbocycles. The molecule has 1 heterocycles. The fraction of sp³-hybridized carbons (Fsp3) is 0.167. The number of aromatic nitrogens is 1. The molecule has 1 aromatic heterocycles. The average Bonchev–Trinajstić information content (AvgIpc) is 3.18. The second-order valence-electron chi connectivity index (χ2n) is 6.88. The quantitative estimate of drug-likeness (QED) is 0.421. The monoisotopic (exact) mass is 402 g/mol. The van der Waals surface area contributed by atoms with Crippen LogP contribution in [-0.4, -0.2) is 17.4 Å². The lowest BCUT2D eigenvalue weighted by atomic mass is 10.1. The summed E-state index contributed by atoms with van der Waals surface area (Å²) in [6, 6.07) is 23.8. The van der Waals surface area contributed by atoms with E-state index in [4.69, 9.17) is 4.42 Å². The van der Waals surface area contributed by atoms with Gasteiger partial charge in [0.2, 0.25) is 0 Å². The zero-order chi connectivity index (χ0) is 20.1. The highest BCUT2D eigenvalue weighted by Crippen LogP contribution is 2.27. The summed E-state index contributed by atoms with van der Waals surface area (Å²) in [5.74, 6) is 0.691. The normalized spacial score (nSPS) is 10.9. The number of oxazole rings is 1. The van der Waals surface area contributed by atoms with Crippen LogP contribution in [0, 0.1) is 6.92 Å². The number of carbonyl (C=O) groups excluding carboxylic acids is 1. The third-order valence-electron chi connectivity index (χ3n) is 4.72. The summed E-state index contributed by atoms with van der Waals surface area (Å²) >= 11 is 1.56. The lowest BCUT2D eigenvalue weighted by Crippen LogP contribution is -2.25. The van der Waals surface area contributed by atoms with Gasteiger partial charge in [-0.2, -0.15) is 0 Å². The van der Waals surface area contributed by atoms with Crippen LogP contribution >= 0.6 is 11.8 Å². The highest BCUT2D eigenvalue weighted by molar-refractivity contribution is 7.98. The molecule has 1 N–H and O–H groups in total. The summed E-state index contributed by atoms with van der Waals surface area (Å²) in [6.07, 6.45) is 0.825. The second kappa shape index (κ2) is 8.97.